The van der Waals surface area contributed by atoms with E-state index in [1.807, 2.05) is 0 Å². The number of rotatable bonds is 4. The number of aromatic amines is 1. The molecule has 1 saturated heterocycles. The lowest BCUT2D eigenvalue weighted by molar-refractivity contribution is 0.0730. The van der Waals surface area contributed by atoms with Gasteiger partial charge in [-0.15, -0.1) is 0 Å². The summed E-state index contributed by atoms with van der Waals surface area (Å²) >= 11 is 11.9. The molecule has 1 aliphatic heterocycles. The maximum Gasteiger partial charge on any atom is 0.256 e. The molecule has 0 unspecified atom stereocenters. The van der Waals surface area contributed by atoms with E-state index in [-0.39, 0.29) is 23.5 Å². The molecule has 1 amide bonds. The number of sulfonamides is 1. The summed E-state index contributed by atoms with van der Waals surface area (Å²) < 4.78 is 32.6. The SMILES string of the molecule is O=C(Nc1cc(Cl)cc(Cl)c1)c1cc(=O)[nH]c2ccc(S(=O)(=O)N3CCOCC3)cc12. The largest absolute Gasteiger partial charge is 0.379 e. The van der Waals surface area contributed by atoms with Crippen LogP contribution in [-0.2, 0) is 14.8 Å². The van der Waals surface area contributed by atoms with E-state index in [1.165, 1.54) is 40.7 Å². The van der Waals surface area contributed by atoms with Gasteiger partial charge < -0.3 is 15.0 Å². The zero-order chi connectivity index (χ0) is 22.2. The van der Waals surface area contributed by atoms with Crippen LogP contribution < -0.4 is 10.9 Å². The van der Waals surface area contributed by atoms with Crippen molar-refractivity contribution in [3.8, 4) is 0 Å². The fourth-order valence-corrected chi connectivity index (χ4v) is 5.30. The minimum atomic E-state index is -3.78. The third kappa shape index (κ3) is 4.60. The number of fused-ring (bicyclic) bond motifs is 1. The number of pyridine rings is 1. The second-order valence-electron chi connectivity index (χ2n) is 6.88. The molecule has 11 heteroatoms. The zero-order valence-electron chi connectivity index (χ0n) is 16.0. The first-order valence-corrected chi connectivity index (χ1v) is 11.5. The van der Waals surface area contributed by atoms with Crippen molar-refractivity contribution in [1.29, 1.82) is 0 Å². The summed E-state index contributed by atoms with van der Waals surface area (Å²) in [5.74, 6) is -0.602. The maximum atomic E-state index is 13.0. The van der Waals surface area contributed by atoms with E-state index < -0.39 is 21.5 Å². The number of nitrogens with zero attached hydrogens (tertiary/aromatic N) is 1. The van der Waals surface area contributed by atoms with Crippen molar-refractivity contribution in [3.63, 3.8) is 0 Å². The number of carbonyl (C=O) groups excluding carboxylic acids is 1. The van der Waals surface area contributed by atoms with Crippen molar-refractivity contribution < 1.29 is 17.9 Å². The molecule has 0 aliphatic carbocycles. The van der Waals surface area contributed by atoms with E-state index in [0.29, 0.717) is 39.8 Å². The van der Waals surface area contributed by atoms with Gasteiger partial charge in [-0.25, -0.2) is 8.42 Å². The van der Waals surface area contributed by atoms with E-state index in [0.717, 1.165) is 6.07 Å². The molecule has 0 atom stereocenters. The van der Waals surface area contributed by atoms with Crippen molar-refractivity contribution >= 4 is 55.7 Å². The number of hydrogen-bond acceptors (Lipinski definition) is 5. The van der Waals surface area contributed by atoms with Gasteiger partial charge in [0, 0.05) is 45.8 Å². The van der Waals surface area contributed by atoms with E-state index >= 15 is 0 Å². The van der Waals surface area contributed by atoms with Crippen molar-refractivity contribution in [3.05, 3.63) is 68.4 Å². The molecule has 2 aromatic carbocycles. The van der Waals surface area contributed by atoms with Gasteiger partial charge in [0.1, 0.15) is 0 Å². The minimum Gasteiger partial charge on any atom is -0.379 e. The normalized spacial score (nSPS) is 15.2. The number of H-pyrrole nitrogens is 1. The molecule has 3 aromatic rings. The average molecular weight is 482 g/mol. The van der Waals surface area contributed by atoms with E-state index in [1.54, 1.807) is 0 Å². The summed E-state index contributed by atoms with van der Waals surface area (Å²) in [6, 6.07) is 9.91. The number of nitrogens with one attached hydrogen (secondary N) is 2. The third-order valence-corrected chi connectivity index (χ3v) is 7.12. The molecule has 2 heterocycles. The van der Waals surface area contributed by atoms with Crippen molar-refractivity contribution in [2.75, 3.05) is 31.6 Å². The van der Waals surface area contributed by atoms with Crippen LogP contribution in [0.1, 0.15) is 10.4 Å². The molecule has 4 rings (SSSR count). The Kier molecular flexibility index (Phi) is 6.05. The first-order valence-electron chi connectivity index (χ1n) is 9.26. The standard InChI is InChI=1S/C20H17Cl2N3O5S/c21-12-7-13(22)9-14(8-12)23-20(27)17-11-19(26)24-18-2-1-15(10-16(17)18)31(28,29)25-3-5-30-6-4-25/h1-2,7-11H,3-6H2,(H,23,27)(H,24,26). The second-order valence-corrected chi connectivity index (χ2v) is 9.69. The molecule has 1 fully saturated rings. The molecule has 1 aromatic heterocycles. The third-order valence-electron chi connectivity index (χ3n) is 4.79. The number of anilines is 1. The summed E-state index contributed by atoms with van der Waals surface area (Å²) in [6.45, 7) is 1.12. The molecule has 0 bridgehead atoms. The fraction of sp³-hybridized carbons (Fsp3) is 0.200. The monoisotopic (exact) mass is 481 g/mol. The van der Waals surface area contributed by atoms with Crippen molar-refractivity contribution in [1.82, 2.24) is 9.29 Å². The summed E-state index contributed by atoms with van der Waals surface area (Å²) in [7, 11) is -3.78. The Morgan fingerprint density at radius 3 is 2.39 bits per heavy atom. The van der Waals surface area contributed by atoms with E-state index in [4.69, 9.17) is 27.9 Å². The van der Waals surface area contributed by atoms with Gasteiger partial charge >= 0.3 is 0 Å². The molecule has 0 radical (unpaired) electrons. The highest BCUT2D eigenvalue weighted by atomic mass is 35.5. The van der Waals surface area contributed by atoms with E-state index in [9.17, 15) is 18.0 Å². The lowest BCUT2D eigenvalue weighted by Crippen LogP contribution is -2.40. The number of benzene rings is 2. The lowest BCUT2D eigenvalue weighted by Gasteiger charge is -2.26. The Morgan fingerprint density at radius 1 is 1.03 bits per heavy atom. The Hall–Kier alpha value is -2.43. The molecule has 2 N–H and O–H groups in total. The molecule has 162 valence electrons. The van der Waals surface area contributed by atoms with Crippen molar-refractivity contribution in [2.24, 2.45) is 0 Å². The quantitative estimate of drug-likeness (QED) is 0.594. The van der Waals surface area contributed by atoms with Gasteiger partial charge in [0.15, 0.2) is 0 Å². The highest BCUT2D eigenvalue weighted by molar-refractivity contribution is 7.89. The molecule has 8 nitrogen and oxygen atoms in total. The van der Waals surface area contributed by atoms with Crippen LogP contribution in [0.3, 0.4) is 0 Å². The number of carbonyl (C=O) groups is 1. The smallest absolute Gasteiger partial charge is 0.256 e. The van der Waals surface area contributed by atoms with Gasteiger partial charge in [0.25, 0.3) is 5.91 Å². The summed E-state index contributed by atoms with van der Waals surface area (Å²) in [4.78, 5) is 27.7. The molecule has 31 heavy (non-hydrogen) atoms. The Labute approximate surface area is 187 Å². The molecular formula is C20H17Cl2N3O5S. The molecule has 0 saturated carbocycles. The minimum absolute atomic E-state index is 0.0220. The van der Waals surface area contributed by atoms with Crippen LogP contribution in [0.4, 0.5) is 5.69 Å². The number of aromatic nitrogens is 1. The second kappa shape index (κ2) is 8.60. The van der Waals surface area contributed by atoms with Gasteiger partial charge in [0.2, 0.25) is 15.6 Å². The molecular weight excluding hydrogens is 465 g/mol. The highest BCUT2D eigenvalue weighted by Gasteiger charge is 2.27. The van der Waals surface area contributed by atoms with Crippen LogP contribution >= 0.6 is 23.2 Å². The topological polar surface area (TPSA) is 109 Å². The van der Waals surface area contributed by atoms with Gasteiger partial charge in [-0.3, -0.25) is 9.59 Å². The Balaban J connectivity index is 1.76. The predicted octanol–water partition coefficient (Wildman–Crippen LogP) is 3.11. The van der Waals surface area contributed by atoms with Crippen LogP contribution in [0.15, 0.2) is 52.2 Å². The summed E-state index contributed by atoms with van der Waals surface area (Å²) in [5, 5.41) is 3.60. The fourth-order valence-electron chi connectivity index (χ4n) is 3.34. The number of halogens is 2. The van der Waals surface area contributed by atoms with Gasteiger partial charge in [-0.05, 0) is 36.4 Å². The van der Waals surface area contributed by atoms with Crippen LogP contribution in [0.25, 0.3) is 10.9 Å². The van der Waals surface area contributed by atoms with Gasteiger partial charge in [0.05, 0.1) is 23.7 Å². The summed E-state index contributed by atoms with van der Waals surface area (Å²) in [5.41, 5.74) is 0.204. The van der Waals surface area contributed by atoms with Gasteiger partial charge in [-0.1, -0.05) is 23.2 Å². The number of hydrogen-bond donors (Lipinski definition) is 2. The lowest BCUT2D eigenvalue weighted by atomic mass is 10.1. The van der Waals surface area contributed by atoms with E-state index in [2.05, 4.69) is 10.3 Å². The molecule has 1 aliphatic rings. The molecule has 0 spiro atoms. The predicted molar refractivity (Wildman–Crippen MR) is 119 cm³/mol. The van der Waals surface area contributed by atoms with Crippen molar-refractivity contribution in [2.45, 2.75) is 4.90 Å². The maximum absolute atomic E-state index is 13.0. The summed E-state index contributed by atoms with van der Waals surface area (Å²) in [6.07, 6.45) is 0. The first kappa shape index (κ1) is 21.8. The highest BCUT2D eigenvalue weighted by Crippen LogP contribution is 2.26. The van der Waals surface area contributed by atoms with Crippen LogP contribution in [0.2, 0.25) is 10.0 Å². The first-order chi connectivity index (χ1) is 14.7. The number of ether oxygens (including phenoxy) is 1. The van der Waals surface area contributed by atoms with Crippen LogP contribution in [0, 0.1) is 0 Å². The van der Waals surface area contributed by atoms with Crippen LogP contribution in [-0.4, -0.2) is 49.9 Å². The Bertz CT molecular complexity index is 1310. The Morgan fingerprint density at radius 2 is 1.71 bits per heavy atom. The van der Waals surface area contributed by atoms with Crippen LogP contribution in [0.5, 0.6) is 0 Å². The van der Waals surface area contributed by atoms with Gasteiger partial charge in [-0.2, -0.15) is 4.31 Å². The zero-order valence-corrected chi connectivity index (χ0v) is 18.4. The average Bonchev–Trinajstić information content (AvgIpc) is 2.72. The number of morpholine rings is 1. The number of amides is 1.